The van der Waals surface area contributed by atoms with Gasteiger partial charge in [-0.3, -0.25) is 9.59 Å². The van der Waals surface area contributed by atoms with E-state index in [2.05, 4.69) is 5.32 Å². The summed E-state index contributed by atoms with van der Waals surface area (Å²) in [5.41, 5.74) is 5.55. The second-order valence-corrected chi connectivity index (χ2v) is 7.42. The van der Waals surface area contributed by atoms with E-state index in [-0.39, 0.29) is 0 Å². The van der Waals surface area contributed by atoms with E-state index in [1.807, 2.05) is 30.3 Å². The summed E-state index contributed by atoms with van der Waals surface area (Å²) in [5.74, 6) is -0.981. The van der Waals surface area contributed by atoms with Gasteiger partial charge in [0.1, 0.15) is 0 Å². The van der Waals surface area contributed by atoms with Gasteiger partial charge in [0.05, 0.1) is 10.7 Å². The Kier molecular flexibility index (Phi) is 5.98. The average molecular weight is 379 g/mol. The topological polar surface area (TPSA) is 81.4 Å². The predicted octanol–water partition coefficient (Wildman–Crippen LogP) is 4.35. The highest BCUT2D eigenvalue weighted by Crippen LogP contribution is 2.33. The van der Waals surface area contributed by atoms with Crippen molar-refractivity contribution in [3.8, 4) is 0 Å². The summed E-state index contributed by atoms with van der Waals surface area (Å²) in [7, 11) is 0. The number of benzene rings is 2. The molecule has 5 nitrogen and oxygen atoms in total. The molecule has 0 fully saturated rings. The number of rotatable bonds is 5. The molecule has 0 bridgehead atoms. The van der Waals surface area contributed by atoms with Gasteiger partial charge in [0, 0.05) is 22.4 Å². The SMILES string of the molecule is CC(=O)OC(C)(C)C(=O)Nc1ccc(Sc2ccc(N)cc2)cc1Cl. The average Bonchev–Trinajstić information content (AvgIpc) is 2.51. The van der Waals surface area contributed by atoms with Crippen LogP contribution in [0.2, 0.25) is 5.02 Å². The minimum atomic E-state index is -1.29. The van der Waals surface area contributed by atoms with Crippen LogP contribution in [0.4, 0.5) is 11.4 Å². The van der Waals surface area contributed by atoms with Crippen LogP contribution in [-0.4, -0.2) is 17.5 Å². The van der Waals surface area contributed by atoms with Crippen molar-refractivity contribution in [1.82, 2.24) is 0 Å². The quantitative estimate of drug-likeness (QED) is 0.597. The van der Waals surface area contributed by atoms with Crippen LogP contribution in [-0.2, 0) is 14.3 Å². The zero-order valence-corrected chi connectivity index (χ0v) is 15.7. The highest BCUT2D eigenvalue weighted by molar-refractivity contribution is 7.99. The number of nitrogen functional groups attached to an aromatic ring is 1. The van der Waals surface area contributed by atoms with E-state index < -0.39 is 17.5 Å². The number of hydrogen-bond acceptors (Lipinski definition) is 5. The van der Waals surface area contributed by atoms with E-state index in [0.29, 0.717) is 16.4 Å². The van der Waals surface area contributed by atoms with Gasteiger partial charge in [0.25, 0.3) is 5.91 Å². The molecule has 132 valence electrons. The summed E-state index contributed by atoms with van der Waals surface area (Å²) >= 11 is 7.79. The number of nitrogens with two attached hydrogens (primary N) is 1. The molecule has 0 atom stereocenters. The maximum atomic E-state index is 12.3. The van der Waals surface area contributed by atoms with Gasteiger partial charge in [0.15, 0.2) is 5.60 Å². The molecule has 0 radical (unpaired) electrons. The summed E-state index contributed by atoms with van der Waals surface area (Å²) < 4.78 is 5.02. The van der Waals surface area contributed by atoms with Crippen molar-refractivity contribution in [3.05, 3.63) is 47.5 Å². The van der Waals surface area contributed by atoms with Gasteiger partial charge >= 0.3 is 5.97 Å². The fourth-order valence-electron chi connectivity index (χ4n) is 2.01. The molecular formula is C18H19ClN2O3S. The fourth-order valence-corrected chi connectivity index (χ4v) is 3.16. The molecule has 0 aliphatic carbocycles. The van der Waals surface area contributed by atoms with Crippen LogP contribution < -0.4 is 11.1 Å². The largest absolute Gasteiger partial charge is 0.450 e. The highest BCUT2D eigenvalue weighted by Gasteiger charge is 2.31. The molecule has 0 aliphatic heterocycles. The molecule has 0 saturated carbocycles. The van der Waals surface area contributed by atoms with Gasteiger partial charge in [-0.1, -0.05) is 23.4 Å². The van der Waals surface area contributed by atoms with Gasteiger partial charge in [-0.15, -0.1) is 0 Å². The van der Waals surface area contributed by atoms with E-state index in [4.69, 9.17) is 22.1 Å². The Balaban J connectivity index is 2.10. The minimum absolute atomic E-state index is 0.396. The monoisotopic (exact) mass is 378 g/mol. The number of hydrogen-bond donors (Lipinski definition) is 2. The van der Waals surface area contributed by atoms with Crippen LogP contribution in [0, 0.1) is 0 Å². The number of anilines is 2. The Morgan fingerprint density at radius 1 is 1.12 bits per heavy atom. The van der Waals surface area contributed by atoms with Crippen molar-refractivity contribution in [3.63, 3.8) is 0 Å². The van der Waals surface area contributed by atoms with E-state index in [1.165, 1.54) is 32.5 Å². The van der Waals surface area contributed by atoms with Gasteiger partial charge < -0.3 is 15.8 Å². The molecule has 3 N–H and O–H groups in total. The summed E-state index contributed by atoms with van der Waals surface area (Å²) in [5, 5.41) is 3.08. The Hall–Kier alpha value is -2.18. The van der Waals surface area contributed by atoms with Crippen molar-refractivity contribution in [2.75, 3.05) is 11.1 Å². The Labute approximate surface area is 155 Å². The predicted molar refractivity (Wildman–Crippen MR) is 101 cm³/mol. The Bertz CT molecular complexity index is 791. The number of nitrogens with one attached hydrogen (secondary N) is 1. The molecule has 0 aromatic heterocycles. The molecule has 1 amide bonds. The lowest BCUT2D eigenvalue weighted by atomic mass is 10.1. The zero-order valence-electron chi connectivity index (χ0n) is 14.1. The van der Waals surface area contributed by atoms with Crippen molar-refractivity contribution < 1.29 is 14.3 Å². The first-order chi connectivity index (χ1) is 11.7. The molecular weight excluding hydrogens is 360 g/mol. The fraction of sp³-hybridized carbons (Fsp3) is 0.222. The lowest BCUT2D eigenvalue weighted by molar-refractivity contribution is -0.160. The molecule has 0 saturated heterocycles. The summed E-state index contributed by atoms with van der Waals surface area (Å²) in [6.45, 7) is 4.29. The number of halogens is 1. The Morgan fingerprint density at radius 2 is 1.72 bits per heavy atom. The zero-order chi connectivity index (χ0) is 18.6. The smallest absolute Gasteiger partial charge is 0.303 e. The number of amides is 1. The maximum Gasteiger partial charge on any atom is 0.303 e. The number of ether oxygens (including phenoxy) is 1. The third-order valence-electron chi connectivity index (χ3n) is 3.25. The minimum Gasteiger partial charge on any atom is -0.450 e. The normalized spacial score (nSPS) is 11.0. The van der Waals surface area contributed by atoms with E-state index in [0.717, 1.165) is 9.79 Å². The third-order valence-corrected chi connectivity index (χ3v) is 4.56. The van der Waals surface area contributed by atoms with Crippen LogP contribution in [0.25, 0.3) is 0 Å². The molecule has 25 heavy (non-hydrogen) atoms. The molecule has 2 rings (SSSR count). The lowest BCUT2D eigenvalue weighted by Crippen LogP contribution is -2.41. The van der Waals surface area contributed by atoms with E-state index in [9.17, 15) is 9.59 Å². The van der Waals surface area contributed by atoms with Gasteiger partial charge in [0.2, 0.25) is 0 Å². The molecule has 0 heterocycles. The number of carbonyl (C=O) groups is 2. The Morgan fingerprint density at radius 3 is 2.28 bits per heavy atom. The van der Waals surface area contributed by atoms with E-state index in [1.54, 1.807) is 12.1 Å². The first kappa shape index (κ1) is 19.1. The molecule has 2 aromatic carbocycles. The molecule has 7 heteroatoms. The van der Waals surface area contributed by atoms with Gasteiger partial charge in [-0.25, -0.2) is 0 Å². The van der Waals surface area contributed by atoms with Crippen LogP contribution >= 0.6 is 23.4 Å². The van der Waals surface area contributed by atoms with Crippen molar-refractivity contribution in [2.24, 2.45) is 0 Å². The molecule has 0 spiro atoms. The van der Waals surface area contributed by atoms with Crippen molar-refractivity contribution in [2.45, 2.75) is 36.2 Å². The second-order valence-electron chi connectivity index (χ2n) is 5.87. The van der Waals surface area contributed by atoms with Crippen molar-refractivity contribution >= 4 is 46.6 Å². The lowest BCUT2D eigenvalue weighted by Gasteiger charge is -2.23. The maximum absolute atomic E-state index is 12.3. The van der Waals surface area contributed by atoms with E-state index >= 15 is 0 Å². The summed E-state index contributed by atoms with van der Waals surface area (Å²) in [4.78, 5) is 25.3. The summed E-state index contributed by atoms with van der Waals surface area (Å²) in [6.07, 6.45) is 0. The van der Waals surface area contributed by atoms with Crippen molar-refractivity contribution in [1.29, 1.82) is 0 Å². The van der Waals surface area contributed by atoms with Gasteiger partial charge in [-0.2, -0.15) is 0 Å². The van der Waals surface area contributed by atoms with Crippen LogP contribution in [0.15, 0.2) is 52.3 Å². The first-order valence-corrected chi connectivity index (χ1v) is 8.71. The standard InChI is InChI=1S/C18H19ClN2O3S/c1-11(22)24-18(2,3)17(23)21-16-9-8-14(10-15(16)19)25-13-6-4-12(20)5-7-13/h4-10H,20H2,1-3H3,(H,21,23). The third kappa shape index (κ3) is 5.41. The second kappa shape index (κ2) is 7.80. The number of esters is 1. The number of carbonyl (C=O) groups excluding carboxylic acids is 2. The van der Waals surface area contributed by atoms with Crippen LogP contribution in [0.1, 0.15) is 20.8 Å². The molecule has 0 aliphatic rings. The summed E-state index contributed by atoms with van der Waals surface area (Å²) in [6, 6.07) is 12.8. The molecule has 0 unspecified atom stereocenters. The van der Waals surface area contributed by atoms with Gasteiger partial charge in [-0.05, 0) is 56.3 Å². The first-order valence-electron chi connectivity index (χ1n) is 7.51. The van der Waals surface area contributed by atoms with Crippen LogP contribution in [0.3, 0.4) is 0 Å². The van der Waals surface area contributed by atoms with Crippen LogP contribution in [0.5, 0.6) is 0 Å². The molecule has 2 aromatic rings. The highest BCUT2D eigenvalue weighted by atomic mass is 35.5.